The van der Waals surface area contributed by atoms with Gasteiger partial charge in [-0.25, -0.2) is 0 Å². The summed E-state index contributed by atoms with van der Waals surface area (Å²) in [5, 5.41) is 0.782. The van der Waals surface area contributed by atoms with Gasteiger partial charge in [-0.3, -0.25) is 0 Å². The maximum atomic E-state index is 5.75. The van der Waals surface area contributed by atoms with Crippen molar-refractivity contribution in [2.24, 2.45) is 0 Å². The summed E-state index contributed by atoms with van der Waals surface area (Å²) in [5.74, 6) is 0. The minimum Gasteiger partial charge on any atom is -0.0843 e. The van der Waals surface area contributed by atoms with E-state index in [0.717, 1.165) is 5.02 Å². The zero-order valence-corrected chi connectivity index (χ0v) is 8.44. The quantitative estimate of drug-likeness (QED) is 0.593. The number of rotatable bonds is 1. The fourth-order valence-electron chi connectivity index (χ4n) is 0.867. The van der Waals surface area contributed by atoms with Gasteiger partial charge in [-0.15, -0.1) is 0 Å². The van der Waals surface area contributed by atoms with E-state index in [-0.39, 0.29) is 4.75 Å². The first-order valence-corrected chi connectivity index (χ1v) is 4.39. The first-order chi connectivity index (χ1) is 5.00. The lowest BCUT2D eigenvalue weighted by Crippen LogP contribution is -2.11. The minimum absolute atomic E-state index is 0.0323. The van der Waals surface area contributed by atoms with Crippen LogP contribution < -0.4 is 0 Å². The Balaban J connectivity index is 2.99. The Kier molecular flexibility index (Phi) is 2.50. The third kappa shape index (κ3) is 2.42. The molecule has 0 fully saturated rings. The predicted molar refractivity (Wildman–Crippen MR) is 54.6 cm³/mol. The van der Waals surface area contributed by atoms with Crippen molar-refractivity contribution in [3.8, 4) is 0 Å². The topological polar surface area (TPSA) is 0 Å². The Morgan fingerprint density at radius 2 is 1.64 bits per heavy atom. The summed E-state index contributed by atoms with van der Waals surface area (Å²) in [4.78, 5) is 0. The van der Waals surface area contributed by atoms with Crippen LogP contribution in [0.2, 0.25) is 5.02 Å². The molecule has 0 saturated carbocycles. The van der Waals surface area contributed by atoms with Crippen molar-refractivity contribution in [3.05, 3.63) is 34.9 Å². The fourth-order valence-corrected chi connectivity index (χ4v) is 1.16. The Labute approximate surface area is 78.0 Å². The second-order valence-electron chi connectivity index (χ2n) is 3.13. The first kappa shape index (κ1) is 8.95. The average molecular weight is 188 g/mol. The zero-order chi connectivity index (χ0) is 8.48. The summed E-state index contributed by atoms with van der Waals surface area (Å²) < 4.78 is 0.0323. The van der Waals surface area contributed by atoms with Gasteiger partial charge in [0.25, 0.3) is 0 Å². The molecule has 0 heterocycles. The number of benzene rings is 1. The van der Waals surface area contributed by atoms with E-state index >= 15 is 0 Å². The number of hydrogen-bond donors (Lipinski definition) is 0. The van der Waals surface area contributed by atoms with Crippen molar-refractivity contribution in [3.63, 3.8) is 0 Å². The lowest BCUT2D eigenvalue weighted by molar-refractivity contribution is 0.789. The molecule has 11 heavy (non-hydrogen) atoms. The molecular formula is C9H12ClS+. The molecule has 0 radical (unpaired) electrons. The van der Waals surface area contributed by atoms with Crippen LogP contribution in [0.3, 0.4) is 0 Å². The van der Waals surface area contributed by atoms with Crippen molar-refractivity contribution in [2.45, 2.75) is 18.6 Å². The van der Waals surface area contributed by atoms with Crippen LogP contribution in [-0.4, -0.2) is 0 Å². The lowest BCUT2D eigenvalue weighted by Gasteiger charge is -2.10. The van der Waals surface area contributed by atoms with Crippen molar-refractivity contribution in [2.75, 3.05) is 0 Å². The van der Waals surface area contributed by atoms with Crippen LogP contribution in [0.15, 0.2) is 24.3 Å². The Bertz CT molecular complexity index is 233. The molecule has 1 rings (SSSR count). The van der Waals surface area contributed by atoms with E-state index in [1.807, 2.05) is 24.3 Å². The van der Waals surface area contributed by atoms with Crippen LogP contribution >= 0.6 is 11.6 Å². The molecule has 2 heteroatoms. The van der Waals surface area contributed by atoms with Gasteiger partial charge in [-0.2, -0.15) is 0 Å². The van der Waals surface area contributed by atoms with Gasteiger partial charge in [-0.05, 0) is 38.6 Å². The van der Waals surface area contributed by atoms with Gasteiger partial charge < -0.3 is 0 Å². The van der Waals surface area contributed by atoms with Crippen LogP contribution in [0.5, 0.6) is 0 Å². The van der Waals surface area contributed by atoms with Gasteiger partial charge in [0.1, 0.15) is 4.75 Å². The summed E-state index contributed by atoms with van der Waals surface area (Å²) in [6, 6.07) is 7.85. The monoisotopic (exact) mass is 187 g/mol. The molecule has 1 aromatic rings. The van der Waals surface area contributed by atoms with Crippen molar-refractivity contribution < 1.29 is 0 Å². The smallest absolute Gasteiger partial charge is 0.0843 e. The summed E-state index contributed by atoms with van der Waals surface area (Å²) in [6.45, 7) is 4.21. The standard InChI is InChI=1S/C9H11ClS/c1-9(2,11)7-3-5-8(10)6-4-7/h3-6,11H,1-2H3/p+1. The molecule has 0 N–H and O–H groups in total. The fraction of sp³-hybridized carbons (Fsp3) is 0.333. The normalized spacial score (nSPS) is 11.6. The molecule has 1 aromatic carbocycles. The molecular weight excluding hydrogens is 176 g/mol. The minimum atomic E-state index is 0.0323. The van der Waals surface area contributed by atoms with Crippen LogP contribution in [-0.2, 0) is 17.4 Å². The molecule has 0 aromatic heterocycles. The van der Waals surface area contributed by atoms with Crippen LogP contribution in [0.25, 0.3) is 0 Å². The highest BCUT2D eigenvalue weighted by molar-refractivity contribution is 7.59. The molecule has 0 saturated heterocycles. The summed E-state index contributed by atoms with van der Waals surface area (Å²) >= 11 is 9.36. The Morgan fingerprint density at radius 1 is 1.18 bits per heavy atom. The van der Waals surface area contributed by atoms with E-state index in [1.54, 1.807) is 0 Å². The second-order valence-corrected chi connectivity index (χ2v) is 4.82. The van der Waals surface area contributed by atoms with E-state index in [2.05, 4.69) is 26.5 Å². The molecule has 0 atom stereocenters. The van der Waals surface area contributed by atoms with Crippen molar-refractivity contribution in [1.29, 1.82) is 0 Å². The highest BCUT2D eigenvalue weighted by Crippen LogP contribution is 2.22. The van der Waals surface area contributed by atoms with Crippen LogP contribution in [0.4, 0.5) is 0 Å². The van der Waals surface area contributed by atoms with E-state index in [9.17, 15) is 0 Å². The van der Waals surface area contributed by atoms with E-state index in [0.29, 0.717) is 0 Å². The molecule has 0 aliphatic carbocycles. The van der Waals surface area contributed by atoms with Crippen LogP contribution in [0.1, 0.15) is 19.4 Å². The maximum absolute atomic E-state index is 5.75. The molecule has 0 spiro atoms. The first-order valence-electron chi connectivity index (χ1n) is 3.51. The highest BCUT2D eigenvalue weighted by Gasteiger charge is 2.20. The maximum Gasteiger partial charge on any atom is 0.143 e. The Morgan fingerprint density at radius 3 is 2.00 bits per heavy atom. The Hall–Kier alpha value is -0.140. The summed E-state index contributed by atoms with van der Waals surface area (Å²) in [7, 11) is 0. The molecule has 0 nitrogen and oxygen atoms in total. The molecule has 0 amide bonds. The zero-order valence-electron chi connectivity index (χ0n) is 6.69. The van der Waals surface area contributed by atoms with Gasteiger partial charge in [0, 0.05) is 10.6 Å². The predicted octanol–water partition coefficient (Wildman–Crippen LogP) is 2.59. The summed E-state index contributed by atoms with van der Waals surface area (Å²) in [6.07, 6.45) is 0. The van der Waals surface area contributed by atoms with Gasteiger partial charge >= 0.3 is 0 Å². The number of hydrogen-bond acceptors (Lipinski definition) is 0. The molecule has 60 valence electrons. The third-order valence-electron chi connectivity index (χ3n) is 1.57. The summed E-state index contributed by atoms with van der Waals surface area (Å²) in [5.41, 5.74) is 1.23. The van der Waals surface area contributed by atoms with E-state index in [4.69, 9.17) is 11.6 Å². The third-order valence-corrected chi connectivity index (χ3v) is 2.11. The van der Waals surface area contributed by atoms with Gasteiger partial charge in [0.05, 0.1) is 0 Å². The van der Waals surface area contributed by atoms with E-state index < -0.39 is 0 Å². The van der Waals surface area contributed by atoms with Crippen molar-refractivity contribution in [1.82, 2.24) is 0 Å². The van der Waals surface area contributed by atoms with E-state index in [1.165, 1.54) is 5.56 Å². The average Bonchev–Trinajstić information content (AvgIpc) is 1.86. The van der Waals surface area contributed by atoms with Crippen LogP contribution in [0, 0.1) is 0 Å². The number of halogens is 1. The molecule has 0 aliphatic rings. The largest absolute Gasteiger partial charge is 0.143 e. The molecule has 0 unspecified atom stereocenters. The highest BCUT2D eigenvalue weighted by atomic mass is 35.5. The molecule has 0 aliphatic heterocycles. The van der Waals surface area contributed by atoms with Crippen molar-refractivity contribution >= 4 is 24.2 Å². The van der Waals surface area contributed by atoms with Gasteiger partial charge in [0.2, 0.25) is 0 Å². The second kappa shape index (κ2) is 3.08. The SMILES string of the molecule is CC(C)([SH2+])c1ccc(Cl)cc1. The van der Waals surface area contributed by atoms with Gasteiger partial charge in [-0.1, -0.05) is 23.7 Å². The lowest BCUT2D eigenvalue weighted by atomic mass is 10.0. The molecule has 0 bridgehead atoms. The van der Waals surface area contributed by atoms with Gasteiger partial charge in [0.15, 0.2) is 0 Å².